The van der Waals surface area contributed by atoms with Crippen LogP contribution in [0.1, 0.15) is 28.8 Å². The molecule has 3 N–H and O–H groups in total. The molecule has 2 aromatic carbocycles. The first-order valence-electron chi connectivity index (χ1n) is 9.68. The van der Waals surface area contributed by atoms with Gasteiger partial charge in [0.25, 0.3) is 5.91 Å². The molecule has 1 aliphatic rings. The predicted molar refractivity (Wildman–Crippen MR) is 112 cm³/mol. The molecule has 1 unspecified atom stereocenters. The van der Waals surface area contributed by atoms with Crippen molar-refractivity contribution in [3.05, 3.63) is 59.9 Å². The van der Waals surface area contributed by atoms with Crippen LogP contribution in [0.25, 0.3) is 10.9 Å². The van der Waals surface area contributed by atoms with E-state index in [9.17, 15) is 9.59 Å². The number of nitrogens with one attached hydrogen (secondary N) is 1. The molecule has 0 saturated carbocycles. The van der Waals surface area contributed by atoms with Gasteiger partial charge in [0.05, 0.1) is 11.4 Å². The van der Waals surface area contributed by atoms with Crippen LogP contribution in [0.3, 0.4) is 0 Å². The van der Waals surface area contributed by atoms with Crippen molar-refractivity contribution >= 4 is 34.2 Å². The van der Waals surface area contributed by atoms with Gasteiger partial charge in [-0.1, -0.05) is 17.7 Å². The molecule has 1 fully saturated rings. The quantitative estimate of drug-likeness (QED) is 0.714. The number of aromatic nitrogens is 2. The zero-order valence-electron chi connectivity index (χ0n) is 16.3. The Morgan fingerprint density at radius 1 is 1.14 bits per heavy atom. The van der Waals surface area contributed by atoms with Crippen molar-refractivity contribution in [2.45, 2.75) is 19.8 Å². The fourth-order valence-electron chi connectivity index (χ4n) is 3.64. The molecule has 1 aliphatic heterocycles. The molecular formula is C22H23N5O2. The summed E-state index contributed by atoms with van der Waals surface area (Å²) in [5.41, 5.74) is 8.77. The van der Waals surface area contributed by atoms with Crippen molar-refractivity contribution in [2.75, 3.05) is 18.4 Å². The van der Waals surface area contributed by atoms with Crippen LogP contribution in [0.2, 0.25) is 0 Å². The number of nitrogens with zero attached hydrogens (tertiary/aromatic N) is 3. The highest BCUT2D eigenvalue weighted by Gasteiger charge is 2.27. The van der Waals surface area contributed by atoms with E-state index >= 15 is 0 Å². The second-order valence-electron chi connectivity index (χ2n) is 7.44. The van der Waals surface area contributed by atoms with Crippen LogP contribution in [0, 0.1) is 12.8 Å². The number of fused-ring (bicyclic) bond motifs is 1. The van der Waals surface area contributed by atoms with E-state index < -0.39 is 0 Å². The molecule has 148 valence electrons. The number of carbonyl (C=O) groups is 2. The maximum absolute atomic E-state index is 12.9. The maximum Gasteiger partial charge on any atom is 0.253 e. The molecule has 3 aromatic rings. The third-order valence-corrected chi connectivity index (χ3v) is 5.31. The van der Waals surface area contributed by atoms with E-state index in [1.165, 1.54) is 11.9 Å². The summed E-state index contributed by atoms with van der Waals surface area (Å²) in [7, 11) is 0. The molecule has 1 atom stereocenters. The molecule has 4 rings (SSSR count). The van der Waals surface area contributed by atoms with Gasteiger partial charge in [0, 0.05) is 29.7 Å². The SMILES string of the molecule is Cc1ccc(Nc2ncnc3cc(C(=O)N4CCCC(C(N)=O)C4)ccc23)cc1. The minimum atomic E-state index is -0.347. The molecule has 2 heterocycles. The van der Waals surface area contributed by atoms with Gasteiger partial charge >= 0.3 is 0 Å². The van der Waals surface area contributed by atoms with Gasteiger partial charge in [-0.25, -0.2) is 9.97 Å². The van der Waals surface area contributed by atoms with E-state index in [0.29, 0.717) is 30.0 Å². The van der Waals surface area contributed by atoms with Crippen molar-refractivity contribution in [3.8, 4) is 0 Å². The number of benzene rings is 2. The van der Waals surface area contributed by atoms with Gasteiger partial charge in [-0.15, -0.1) is 0 Å². The molecule has 1 saturated heterocycles. The fraction of sp³-hybridized carbons (Fsp3) is 0.273. The van der Waals surface area contributed by atoms with Crippen molar-refractivity contribution < 1.29 is 9.59 Å². The highest BCUT2D eigenvalue weighted by atomic mass is 16.2. The van der Waals surface area contributed by atoms with Gasteiger partial charge in [0.2, 0.25) is 5.91 Å². The molecule has 1 aromatic heterocycles. The number of hydrogen-bond donors (Lipinski definition) is 2. The van der Waals surface area contributed by atoms with Gasteiger partial charge in [-0.2, -0.15) is 0 Å². The van der Waals surface area contributed by atoms with Crippen LogP contribution in [0.5, 0.6) is 0 Å². The summed E-state index contributed by atoms with van der Waals surface area (Å²) in [5.74, 6) is -0.0458. The highest BCUT2D eigenvalue weighted by molar-refractivity contribution is 6.00. The van der Waals surface area contributed by atoms with Gasteiger partial charge < -0.3 is 16.0 Å². The lowest BCUT2D eigenvalue weighted by atomic mass is 9.97. The minimum Gasteiger partial charge on any atom is -0.369 e. The molecule has 2 amide bonds. The molecular weight excluding hydrogens is 366 g/mol. The third kappa shape index (κ3) is 4.03. The van der Waals surface area contributed by atoms with Gasteiger partial charge in [0.15, 0.2) is 0 Å². The first-order valence-corrected chi connectivity index (χ1v) is 9.68. The molecule has 0 spiro atoms. The number of rotatable bonds is 4. The summed E-state index contributed by atoms with van der Waals surface area (Å²) in [4.78, 5) is 34.8. The summed E-state index contributed by atoms with van der Waals surface area (Å²) in [6.45, 7) is 3.04. The Morgan fingerprint density at radius 2 is 1.93 bits per heavy atom. The average molecular weight is 389 g/mol. The topological polar surface area (TPSA) is 101 Å². The molecule has 7 nitrogen and oxygen atoms in total. The summed E-state index contributed by atoms with van der Waals surface area (Å²) < 4.78 is 0. The van der Waals surface area contributed by atoms with Crippen LogP contribution >= 0.6 is 0 Å². The first kappa shape index (κ1) is 18.9. The second-order valence-corrected chi connectivity index (χ2v) is 7.44. The maximum atomic E-state index is 12.9. The molecule has 29 heavy (non-hydrogen) atoms. The largest absolute Gasteiger partial charge is 0.369 e. The lowest BCUT2D eigenvalue weighted by Gasteiger charge is -2.31. The number of nitrogens with two attached hydrogens (primary N) is 1. The number of likely N-dealkylation sites (tertiary alicyclic amines) is 1. The van der Waals surface area contributed by atoms with Crippen molar-refractivity contribution in [3.63, 3.8) is 0 Å². The Hall–Kier alpha value is -3.48. The lowest BCUT2D eigenvalue weighted by molar-refractivity contribution is -0.123. The molecule has 0 radical (unpaired) electrons. The van der Waals surface area contributed by atoms with Crippen molar-refractivity contribution in [1.82, 2.24) is 14.9 Å². The number of hydrogen-bond acceptors (Lipinski definition) is 5. The van der Waals surface area contributed by atoms with Gasteiger partial charge in [0.1, 0.15) is 12.1 Å². The minimum absolute atomic E-state index is 0.107. The predicted octanol–water partition coefficient (Wildman–Crippen LogP) is 3.02. The highest BCUT2D eigenvalue weighted by Crippen LogP contribution is 2.25. The molecule has 0 aliphatic carbocycles. The van der Waals surface area contributed by atoms with Crippen molar-refractivity contribution in [1.29, 1.82) is 0 Å². The molecule has 0 bridgehead atoms. The van der Waals surface area contributed by atoms with E-state index in [4.69, 9.17) is 5.73 Å². The third-order valence-electron chi connectivity index (χ3n) is 5.31. The Balaban J connectivity index is 1.59. The number of carbonyl (C=O) groups excluding carboxylic acids is 2. The van der Waals surface area contributed by atoms with Crippen molar-refractivity contribution in [2.24, 2.45) is 11.7 Å². The number of piperidine rings is 1. The average Bonchev–Trinajstić information content (AvgIpc) is 2.74. The summed E-state index contributed by atoms with van der Waals surface area (Å²) >= 11 is 0. The Labute approximate surface area is 168 Å². The number of primary amides is 1. The van der Waals surface area contributed by atoms with E-state index in [1.807, 2.05) is 37.3 Å². The zero-order chi connectivity index (χ0) is 20.4. The standard InChI is InChI=1S/C22H23N5O2/c1-14-4-7-17(8-5-14)26-21-18-9-6-15(11-19(18)24-13-25-21)22(29)27-10-2-3-16(12-27)20(23)28/h4-9,11,13,16H,2-3,10,12H2,1H3,(H2,23,28)(H,24,25,26). The van der Waals surface area contributed by atoms with Gasteiger partial charge in [-0.05, 0) is 50.1 Å². The second kappa shape index (κ2) is 7.87. The number of amides is 2. The van der Waals surface area contributed by atoms with Crippen LogP contribution in [0.15, 0.2) is 48.8 Å². The number of anilines is 2. The number of aryl methyl sites for hydroxylation is 1. The Morgan fingerprint density at radius 3 is 2.69 bits per heavy atom. The molecule has 7 heteroatoms. The summed E-state index contributed by atoms with van der Waals surface area (Å²) in [5, 5.41) is 4.14. The van der Waals surface area contributed by atoms with Crippen LogP contribution in [-0.4, -0.2) is 39.8 Å². The van der Waals surface area contributed by atoms with Crippen LogP contribution < -0.4 is 11.1 Å². The fourth-order valence-corrected chi connectivity index (χ4v) is 3.64. The summed E-state index contributed by atoms with van der Waals surface area (Å²) in [6, 6.07) is 13.4. The monoisotopic (exact) mass is 389 g/mol. The smallest absolute Gasteiger partial charge is 0.253 e. The van der Waals surface area contributed by atoms with E-state index in [2.05, 4.69) is 15.3 Å². The van der Waals surface area contributed by atoms with Gasteiger partial charge in [-0.3, -0.25) is 9.59 Å². The Bertz CT molecular complexity index is 1060. The van der Waals surface area contributed by atoms with E-state index in [0.717, 1.165) is 23.9 Å². The Kier molecular flexibility index (Phi) is 5.12. The first-order chi connectivity index (χ1) is 14.0. The van der Waals surface area contributed by atoms with Crippen LogP contribution in [-0.2, 0) is 4.79 Å². The van der Waals surface area contributed by atoms with E-state index in [-0.39, 0.29) is 17.7 Å². The van der Waals surface area contributed by atoms with Crippen LogP contribution in [0.4, 0.5) is 11.5 Å². The lowest BCUT2D eigenvalue weighted by Crippen LogP contribution is -2.44. The summed E-state index contributed by atoms with van der Waals surface area (Å²) in [6.07, 6.45) is 2.99. The normalized spacial score (nSPS) is 16.6. The zero-order valence-corrected chi connectivity index (χ0v) is 16.3. The van der Waals surface area contributed by atoms with E-state index in [1.54, 1.807) is 17.0 Å².